The second kappa shape index (κ2) is 3.83. The van der Waals surface area contributed by atoms with Gasteiger partial charge in [-0.1, -0.05) is 0 Å². The van der Waals surface area contributed by atoms with Crippen molar-refractivity contribution in [2.45, 2.75) is 25.7 Å². The van der Waals surface area contributed by atoms with Gasteiger partial charge in [-0.2, -0.15) is 0 Å². The lowest BCUT2D eigenvalue weighted by atomic mass is 9.97. The maximum atomic E-state index is 4.46. The summed E-state index contributed by atoms with van der Waals surface area (Å²) >= 11 is 0. The summed E-state index contributed by atoms with van der Waals surface area (Å²) in [6.45, 7) is 4.22. The zero-order valence-electron chi connectivity index (χ0n) is 7.95. The monoisotopic (exact) mass is 177 g/mol. The third-order valence-electron chi connectivity index (χ3n) is 2.52. The normalized spacial score (nSPS) is 18.8. The van der Waals surface area contributed by atoms with E-state index >= 15 is 0 Å². The predicted octanol–water partition coefficient (Wildman–Crippen LogP) is 1.25. The van der Waals surface area contributed by atoms with Crippen LogP contribution in [0.5, 0.6) is 0 Å². The molecule has 0 atom stereocenters. The molecular weight excluding hydrogens is 162 g/mol. The second-order valence-electron chi connectivity index (χ2n) is 3.58. The fourth-order valence-corrected chi connectivity index (χ4v) is 1.75. The molecular formula is C10H15N3. The lowest BCUT2D eigenvalue weighted by molar-refractivity contribution is 0.444. The summed E-state index contributed by atoms with van der Waals surface area (Å²) in [6, 6.07) is 1.95. The smallest absolute Gasteiger partial charge is 0.131 e. The highest BCUT2D eigenvalue weighted by molar-refractivity contribution is 5.04. The molecule has 0 aromatic carbocycles. The number of rotatable bonds is 1. The zero-order chi connectivity index (χ0) is 9.10. The quantitative estimate of drug-likeness (QED) is 0.701. The van der Waals surface area contributed by atoms with Gasteiger partial charge in [0.25, 0.3) is 0 Å². The number of piperidine rings is 1. The Morgan fingerprint density at radius 2 is 2.15 bits per heavy atom. The first-order valence-corrected chi connectivity index (χ1v) is 4.86. The minimum Gasteiger partial charge on any atom is -0.317 e. The molecule has 1 aliphatic heterocycles. The Hall–Kier alpha value is -0.960. The van der Waals surface area contributed by atoms with Crippen molar-refractivity contribution in [1.82, 2.24) is 15.3 Å². The molecule has 0 spiro atoms. The van der Waals surface area contributed by atoms with Gasteiger partial charge in [0.15, 0.2) is 0 Å². The SMILES string of the molecule is Cc1ccnc(C2CCNCC2)n1. The Balaban J connectivity index is 2.14. The van der Waals surface area contributed by atoms with Gasteiger partial charge in [-0.15, -0.1) is 0 Å². The molecule has 70 valence electrons. The van der Waals surface area contributed by atoms with E-state index < -0.39 is 0 Å². The number of hydrogen-bond donors (Lipinski definition) is 1. The van der Waals surface area contributed by atoms with Gasteiger partial charge in [-0.3, -0.25) is 0 Å². The third kappa shape index (κ3) is 2.04. The minimum absolute atomic E-state index is 0.571. The number of nitrogens with one attached hydrogen (secondary N) is 1. The molecule has 0 unspecified atom stereocenters. The summed E-state index contributed by atoms with van der Waals surface area (Å²) in [5.41, 5.74) is 1.07. The molecule has 3 heteroatoms. The second-order valence-corrected chi connectivity index (χ2v) is 3.58. The molecule has 2 heterocycles. The maximum Gasteiger partial charge on any atom is 0.131 e. The molecule has 0 amide bonds. The van der Waals surface area contributed by atoms with Crippen molar-refractivity contribution >= 4 is 0 Å². The van der Waals surface area contributed by atoms with E-state index in [0.29, 0.717) is 5.92 Å². The molecule has 0 bridgehead atoms. The Kier molecular flexibility index (Phi) is 2.54. The molecule has 0 radical (unpaired) electrons. The first-order valence-electron chi connectivity index (χ1n) is 4.86. The van der Waals surface area contributed by atoms with Crippen molar-refractivity contribution in [3.05, 3.63) is 23.8 Å². The summed E-state index contributed by atoms with van der Waals surface area (Å²) in [5.74, 6) is 1.60. The van der Waals surface area contributed by atoms with Gasteiger partial charge in [-0.05, 0) is 38.9 Å². The van der Waals surface area contributed by atoms with E-state index in [9.17, 15) is 0 Å². The van der Waals surface area contributed by atoms with Crippen molar-refractivity contribution in [3.63, 3.8) is 0 Å². The van der Waals surface area contributed by atoms with Crippen LogP contribution in [-0.4, -0.2) is 23.1 Å². The van der Waals surface area contributed by atoms with Gasteiger partial charge in [0.05, 0.1) is 0 Å². The van der Waals surface area contributed by atoms with Gasteiger partial charge in [0.2, 0.25) is 0 Å². The van der Waals surface area contributed by atoms with Gasteiger partial charge in [0.1, 0.15) is 5.82 Å². The molecule has 1 aliphatic rings. The molecule has 2 rings (SSSR count). The van der Waals surface area contributed by atoms with Crippen LogP contribution in [0.15, 0.2) is 12.3 Å². The van der Waals surface area contributed by atoms with Crippen LogP contribution in [0.3, 0.4) is 0 Å². The fourth-order valence-electron chi connectivity index (χ4n) is 1.75. The average Bonchev–Trinajstić information content (AvgIpc) is 2.19. The van der Waals surface area contributed by atoms with Crippen LogP contribution in [-0.2, 0) is 0 Å². The molecule has 1 aromatic rings. The van der Waals surface area contributed by atoms with Gasteiger partial charge < -0.3 is 5.32 Å². The predicted molar refractivity (Wildman–Crippen MR) is 51.6 cm³/mol. The number of aromatic nitrogens is 2. The van der Waals surface area contributed by atoms with E-state index in [4.69, 9.17) is 0 Å². The first kappa shape index (κ1) is 8.63. The van der Waals surface area contributed by atoms with Gasteiger partial charge >= 0.3 is 0 Å². The van der Waals surface area contributed by atoms with E-state index in [2.05, 4.69) is 15.3 Å². The van der Waals surface area contributed by atoms with Gasteiger partial charge in [-0.25, -0.2) is 9.97 Å². The lowest BCUT2D eigenvalue weighted by Crippen LogP contribution is -2.27. The van der Waals surface area contributed by atoms with Crippen LogP contribution in [0.2, 0.25) is 0 Å². The van der Waals surface area contributed by atoms with E-state index in [1.165, 1.54) is 12.8 Å². The van der Waals surface area contributed by atoms with Crippen LogP contribution < -0.4 is 5.32 Å². The van der Waals surface area contributed by atoms with Crippen molar-refractivity contribution in [1.29, 1.82) is 0 Å². The molecule has 0 aliphatic carbocycles. The van der Waals surface area contributed by atoms with Crippen molar-refractivity contribution in [3.8, 4) is 0 Å². The third-order valence-corrected chi connectivity index (χ3v) is 2.52. The summed E-state index contributed by atoms with van der Waals surface area (Å²) in [6.07, 6.45) is 4.20. The highest BCUT2D eigenvalue weighted by Gasteiger charge is 2.17. The van der Waals surface area contributed by atoms with E-state index in [-0.39, 0.29) is 0 Å². The molecule has 13 heavy (non-hydrogen) atoms. The first-order chi connectivity index (χ1) is 6.36. The average molecular weight is 177 g/mol. The van der Waals surface area contributed by atoms with Crippen LogP contribution in [0.4, 0.5) is 0 Å². The standard InChI is InChI=1S/C10H15N3/c1-8-2-7-12-10(13-8)9-3-5-11-6-4-9/h2,7,9,11H,3-6H2,1H3. The molecule has 3 nitrogen and oxygen atoms in total. The summed E-state index contributed by atoms with van der Waals surface area (Å²) in [5, 5.41) is 3.34. The van der Waals surface area contributed by atoms with E-state index in [1.807, 2.05) is 19.2 Å². The molecule has 1 N–H and O–H groups in total. The lowest BCUT2D eigenvalue weighted by Gasteiger charge is -2.21. The fraction of sp³-hybridized carbons (Fsp3) is 0.600. The van der Waals surface area contributed by atoms with E-state index in [0.717, 1.165) is 24.6 Å². The number of aryl methyl sites for hydroxylation is 1. The highest BCUT2D eigenvalue weighted by Crippen LogP contribution is 2.21. The summed E-state index contributed by atoms with van der Waals surface area (Å²) in [4.78, 5) is 8.78. The minimum atomic E-state index is 0.571. The van der Waals surface area contributed by atoms with Crippen LogP contribution in [0, 0.1) is 6.92 Å². The number of hydrogen-bond acceptors (Lipinski definition) is 3. The van der Waals surface area contributed by atoms with Gasteiger partial charge in [0, 0.05) is 17.8 Å². The largest absolute Gasteiger partial charge is 0.317 e. The van der Waals surface area contributed by atoms with Crippen LogP contribution >= 0.6 is 0 Å². The summed E-state index contributed by atoms with van der Waals surface area (Å²) < 4.78 is 0. The van der Waals surface area contributed by atoms with Crippen molar-refractivity contribution in [2.24, 2.45) is 0 Å². The van der Waals surface area contributed by atoms with E-state index in [1.54, 1.807) is 0 Å². The Bertz CT molecular complexity index is 279. The van der Waals surface area contributed by atoms with Crippen molar-refractivity contribution < 1.29 is 0 Å². The van der Waals surface area contributed by atoms with Crippen LogP contribution in [0.1, 0.15) is 30.3 Å². The topological polar surface area (TPSA) is 37.8 Å². The molecule has 1 aromatic heterocycles. The molecule has 1 saturated heterocycles. The number of nitrogens with zero attached hydrogens (tertiary/aromatic N) is 2. The molecule has 0 saturated carbocycles. The van der Waals surface area contributed by atoms with Crippen molar-refractivity contribution in [2.75, 3.05) is 13.1 Å². The molecule has 1 fully saturated rings. The Morgan fingerprint density at radius 3 is 2.85 bits per heavy atom. The highest BCUT2D eigenvalue weighted by atomic mass is 14.9. The Labute approximate surface area is 78.6 Å². The maximum absolute atomic E-state index is 4.46. The van der Waals surface area contributed by atoms with Crippen LogP contribution in [0.25, 0.3) is 0 Å². The summed E-state index contributed by atoms with van der Waals surface area (Å²) in [7, 11) is 0. The Morgan fingerprint density at radius 1 is 1.38 bits per heavy atom. The zero-order valence-corrected chi connectivity index (χ0v) is 7.95.